The van der Waals surface area contributed by atoms with Gasteiger partial charge in [0.25, 0.3) is 5.69 Å². The summed E-state index contributed by atoms with van der Waals surface area (Å²) in [5, 5.41) is 10.8. The standard InChI is InChI=1S/C18H22N2O5S/c1-3-13-14-9-15(26-4-2)16(19(14)17(13)21)18(22)25-10-11-5-7-12(8-6-11)20(23)24/h5-8,13-16H,3-4,9-10H2,1-2H3/t13-,14?,15+,16+/m1/s1. The third kappa shape index (κ3) is 3.30. The van der Waals surface area contributed by atoms with Crippen molar-refractivity contribution >= 4 is 29.3 Å². The summed E-state index contributed by atoms with van der Waals surface area (Å²) >= 11 is 1.69. The number of non-ortho nitro benzene ring substituents is 1. The van der Waals surface area contributed by atoms with Crippen LogP contribution in [0.3, 0.4) is 0 Å². The molecular formula is C18H22N2O5S. The second kappa shape index (κ2) is 7.65. The van der Waals surface area contributed by atoms with E-state index in [-0.39, 0.29) is 41.4 Å². The Bertz CT molecular complexity index is 708. The predicted octanol–water partition coefficient (Wildman–Crippen LogP) is 2.77. The number of esters is 1. The molecule has 0 aliphatic carbocycles. The number of thioether (sulfide) groups is 1. The number of β-lactam (4-membered cyclic amide) rings is 1. The number of nitrogens with zero attached hydrogens (tertiary/aromatic N) is 2. The van der Waals surface area contributed by atoms with E-state index < -0.39 is 11.0 Å². The van der Waals surface area contributed by atoms with E-state index >= 15 is 0 Å². The Morgan fingerprint density at radius 2 is 2.04 bits per heavy atom. The van der Waals surface area contributed by atoms with Gasteiger partial charge in [-0.25, -0.2) is 4.79 Å². The summed E-state index contributed by atoms with van der Waals surface area (Å²) in [5.41, 5.74) is 0.675. The third-order valence-electron chi connectivity index (χ3n) is 5.11. The first-order valence-corrected chi connectivity index (χ1v) is 9.86. The molecule has 0 aromatic heterocycles. The minimum Gasteiger partial charge on any atom is -0.459 e. The van der Waals surface area contributed by atoms with Crippen molar-refractivity contribution in [1.29, 1.82) is 0 Å². The van der Waals surface area contributed by atoms with Crippen LogP contribution in [0.25, 0.3) is 0 Å². The molecule has 8 heteroatoms. The Morgan fingerprint density at radius 3 is 2.62 bits per heavy atom. The lowest BCUT2D eigenvalue weighted by Crippen LogP contribution is -2.62. The van der Waals surface area contributed by atoms with Crippen LogP contribution in [0.15, 0.2) is 24.3 Å². The molecule has 1 aromatic carbocycles. The van der Waals surface area contributed by atoms with E-state index in [0.29, 0.717) is 5.56 Å². The lowest BCUT2D eigenvalue weighted by atomic mass is 9.86. The molecule has 1 unspecified atom stereocenters. The van der Waals surface area contributed by atoms with Gasteiger partial charge >= 0.3 is 5.97 Å². The smallest absolute Gasteiger partial charge is 0.330 e. The SMILES string of the molecule is CCS[C@H]1CC2[C@@H](CC)C(=O)N2[C@@H]1C(=O)OCc1ccc([N+](=O)[O-])cc1. The van der Waals surface area contributed by atoms with Gasteiger partial charge in [0, 0.05) is 23.4 Å². The minimum atomic E-state index is -0.529. The van der Waals surface area contributed by atoms with Crippen LogP contribution in [0, 0.1) is 16.0 Å². The van der Waals surface area contributed by atoms with E-state index in [9.17, 15) is 19.7 Å². The van der Waals surface area contributed by atoms with Gasteiger partial charge in [0.1, 0.15) is 12.6 Å². The summed E-state index contributed by atoms with van der Waals surface area (Å²) in [7, 11) is 0. The summed E-state index contributed by atoms with van der Waals surface area (Å²) in [4.78, 5) is 37.0. The van der Waals surface area contributed by atoms with Gasteiger partial charge < -0.3 is 9.64 Å². The van der Waals surface area contributed by atoms with E-state index in [2.05, 4.69) is 0 Å². The second-order valence-electron chi connectivity index (χ2n) is 6.53. The Balaban J connectivity index is 1.65. The molecule has 2 saturated heterocycles. The molecule has 4 atom stereocenters. The van der Waals surface area contributed by atoms with Gasteiger partial charge in [-0.1, -0.05) is 13.8 Å². The molecular weight excluding hydrogens is 356 g/mol. The van der Waals surface area contributed by atoms with Crippen molar-refractivity contribution in [1.82, 2.24) is 4.90 Å². The number of rotatable bonds is 7. The zero-order chi connectivity index (χ0) is 18.8. The van der Waals surface area contributed by atoms with Crippen molar-refractivity contribution in [2.24, 2.45) is 5.92 Å². The highest BCUT2D eigenvalue weighted by atomic mass is 32.2. The molecule has 0 bridgehead atoms. The largest absolute Gasteiger partial charge is 0.459 e. The molecule has 0 saturated carbocycles. The molecule has 7 nitrogen and oxygen atoms in total. The Morgan fingerprint density at radius 1 is 1.35 bits per heavy atom. The van der Waals surface area contributed by atoms with Crippen molar-refractivity contribution in [2.45, 2.75) is 50.6 Å². The van der Waals surface area contributed by atoms with Crippen LogP contribution in [0.5, 0.6) is 0 Å². The Kier molecular flexibility index (Phi) is 5.50. The van der Waals surface area contributed by atoms with Crippen LogP contribution < -0.4 is 0 Å². The average molecular weight is 378 g/mol. The van der Waals surface area contributed by atoms with Crippen LogP contribution in [0.1, 0.15) is 32.3 Å². The number of carbonyl (C=O) groups excluding carboxylic acids is 2. The monoisotopic (exact) mass is 378 g/mol. The summed E-state index contributed by atoms with van der Waals surface area (Å²) in [5.74, 6) is 0.568. The first-order chi connectivity index (χ1) is 12.5. The molecule has 1 amide bonds. The van der Waals surface area contributed by atoms with Gasteiger partial charge in [0.05, 0.1) is 10.8 Å². The summed E-state index contributed by atoms with van der Waals surface area (Å²) in [6, 6.07) is 5.53. The van der Waals surface area contributed by atoms with Gasteiger partial charge in [-0.05, 0) is 36.3 Å². The highest BCUT2D eigenvalue weighted by Gasteiger charge is 2.59. The number of amides is 1. The lowest BCUT2D eigenvalue weighted by Gasteiger charge is -2.44. The van der Waals surface area contributed by atoms with E-state index in [1.54, 1.807) is 28.8 Å². The molecule has 140 valence electrons. The van der Waals surface area contributed by atoms with Crippen molar-refractivity contribution in [3.05, 3.63) is 39.9 Å². The fraction of sp³-hybridized carbons (Fsp3) is 0.556. The number of ether oxygens (including phenoxy) is 1. The van der Waals surface area contributed by atoms with Crippen LogP contribution in [0.2, 0.25) is 0 Å². The van der Waals surface area contributed by atoms with Crippen LogP contribution >= 0.6 is 11.8 Å². The van der Waals surface area contributed by atoms with Crippen molar-refractivity contribution in [2.75, 3.05) is 5.75 Å². The fourth-order valence-electron chi connectivity index (χ4n) is 3.84. The zero-order valence-corrected chi connectivity index (χ0v) is 15.6. The molecule has 0 spiro atoms. The first kappa shape index (κ1) is 18.7. The maximum atomic E-state index is 12.7. The van der Waals surface area contributed by atoms with Crippen molar-refractivity contribution < 1.29 is 19.2 Å². The Hall–Kier alpha value is -2.09. The number of nitro groups is 1. The highest BCUT2D eigenvalue weighted by Crippen LogP contribution is 2.45. The number of benzene rings is 1. The van der Waals surface area contributed by atoms with E-state index in [4.69, 9.17) is 4.74 Å². The number of hydrogen-bond acceptors (Lipinski definition) is 6. The predicted molar refractivity (Wildman–Crippen MR) is 97.6 cm³/mol. The average Bonchev–Trinajstić information content (AvgIpc) is 2.95. The molecule has 2 fully saturated rings. The topological polar surface area (TPSA) is 89.8 Å². The highest BCUT2D eigenvalue weighted by molar-refractivity contribution is 7.99. The quantitative estimate of drug-likeness (QED) is 0.314. The molecule has 2 aliphatic rings. The molecule has 0 N–H and O–H groups in total. The van der Waals surface area contributed by atoms with Crippen molar-refractivity contribution in [3.8, 4) is 0 Å². The van der Waals surface area contributed by atoms with Crippen LogP contribution in [-0.2, 0) is 20.9 Å². The van der Waals surface area contributed by atoms with Gasteiger partial charge in [-0.3, -0.25) is 14.9 Å². The third-order valence-corrected chi connectivity index (χ3v) is 6.32. The molecule has 1 aromatic rings. The summed E-state index contributed by atoms with van der Waals surface area (Å²) < 4.78 is 5.44. The van der Waals surface area contributed by atoms with E-state index in [0.717, 1.165) is 18.6 Å². The zero-order valence-electron chi connectivity index (χ0n) is 14.8. The molecule has 0 radical (unpaired) electrons. The fourth-order valence-corrected chi connectivity index (χ4v) is 5.02. The number of hydrogen-bond donors (Lipinski definition) is 0. The first-order valence-electron chi connectivity index (χ1n) is 8.81. The molecule has 2 aliphatic heterocycles. The number of carbonyl (C=O) groups is 2. The lowest BCUT2D eigenvalue weighted by molar-refractivity contribution is -0.384. The Labute approximate surface area is 156 Å². The second-order valence-corrected chi connectivity index (χ2v) is 8.05. The van der Waals surface area contributed by atoms with E-state index in [1.807, 2.05) is 13.8 Å². The maximum Gasteiger partial charge on any atom is 0.330 e. The van der Waals surface area contributed by atoms with Gasteiger partial charge in [0.15, 0.2) is 0 Å². The maximum absolute atomic E-state index is 12.7. The normalized spacial score (nSPS) is 27.0. The minimum absolute atomic E-state index is 0.00472. The van der Waals surface area contributed by atoms with Crippen molar-refractivity contribution in [3.63, 3.8) is 0 Å². The van der Waals surface area contributed by atoms with Crippen LogP contribution in [-0.4, -0.2) is 44.8 Å². The van der Waals surface area contributed by atoms with Gasteiger partial charge in [-0.15, -0.1) is 0 Å². The van der Waals surface area contributed by atoms with Gasteiger partial charge in [0.2, 0.25) is 5.91 Å². The van der Waals surface area contributed by atoms with Gasteiger partial charge in [-0.2, -0.15) is 11.8 Å². The molecule has 3 rings (SSSR count). The molecule has 26 heavy (non-hydrogen) atoms. The summed E-state index contributed by atoms with van der Waals surface area (Å²) in [6.07, 6.45) is 1.63. The molecule has 2 heterocycles. The number of fused-ring (bicyclic) bond motifs is 1. The number of nitro benzene ring substituents is 1. The van der Waals surface area contributed by atoms with E-state index in [1.165, 1.54) is 12.1 Å². The van der Waals surface area contributed by atoms with Crippen LogP contribution in [0.4, 0.5) is 5.69 Å². The summed E-state index contributed by atoms with van der Waals surface area (Å²) in [6.45, 7) is 4.08.